The van der Waals surface area contributed by atoms with Gasteiger partial charge in [-0.15, -0.1) is 0 Å². The highest BCUT2D eigenvalue weighted by atomic mass is 16.2. The van der Waals surface area contributed by atoms with Crippen molar-refractivity contribution in [2.45, 2.75) is 25.8 Å². The van der Waals surface area contributed by atoms with E-state index in [9.17, 15) is 4.79 Å². The topological polar surface area (TPSA) is 59.0 Å². The molecule has 2 aromatic rings. The summed E-state index contributed by atoms with van der Waals surface area (Å²) in [5, 5.41) is 10.6. The smallest absolute Gasteiger partial charge is 0.224 e. The molecule has 2 unspecified atom stereocenters. The first kappa shape index (κ1) is 14.8. The van der Waals surface area contributed by atoms with Gasteiger partial charge in [0.25, 0.3) is 0 Å². The summed E-state index contributed by atoms with van der Waals surface area (Å²) < 4.78 is 1.82. The molecule has 2 atom stereocenters. The van der Waals surface area contributed by atoms with Gasteiger partial charge in [0.1, 0.15) is 0 Å². The first-order valence-corrected chi connectivity index (χ1v) is 7.85. The molecule has 1 aliphatic rings. The molecule has 5 heteroatoms. The summed E-state index contributed by atoms with van der Waals surface area (Å²) in [5.74, 6) is 0.246. The molecule has 0 radical (unpaired) electrons. The van der Waals surface area contributed by atoms with E-state index in [0.29, 0.717) is 0 Å². The SMILES string of the molecule is CC(NC(=O)C1CCCNC1)c1ccc(-n2cccn2)cc1. The maximum absolute atomic E-state index is 12.3. The molecule has 2 N–H and O–H groups in total. The van der Waals surface area contributed by atoms with Crippen molar-refractivity contribution in [2.24, 2.45) is 5.92 Å². The van der Waals surface area contributed by atoms with Gasteiger partial charge in [0, 0.05) is 18.9 Å². The number of hydrogen-bond donors (Lipinski definition) is 2. The molecule has 2 heterocycles. The van der Waals surface area contributed by atoms with Crippen molar-refractivity contribution in [2.75, 3.05) is 13.1 Å². The minimum Gasteiger partial charge on any atom is -0.349 e. The van der Waals surface area contributed by atoms with E-state index in [2.05, 4.69) is 15.7 Å². The number of amides is 1. The van der Waals surface area contributed by atoms with Crippen LogP contribution < -0.4 is 10.6 Å². The van der Waals surface area contributed by atoms with Crippen LogP contribution in [0.25, 0.3) is 5.69 Å². The molecule has 1 saturated heterocycles. The number of nitrogens with one attached hydrogen (secondary N) is 2. The average molecular weight is 298 g/mol. The molecule has 1 aromatic heterocycles. The number of piperidine rings is 1. The molecular formula is C17H22N4O. The van der Waals surface area contributed by atoms with Crippen LogP contribution in [-0.2, 0) is 4.79 Å². The van der Waals surface area contributed by atoms with Crippen molar-refractivity contribution >= 4 is 5.91 Å². The van der Waals surface area contributed by atoms with Crippen LogP contribution in [0.2, 0.25) is 0 Å². The van der Waals surface area contributed by atoms with Gasteiger partial charge in [-0.1, -0.05) is 12.1 Å². The fourth-order valence-electron chi connectivity index (χ4n) is 2.83. The van der Waals surface area contributed by atoms with E-state index in [0.717, 1.165) is 37.2 Å². The van der Waals surface area contributed by atoms with Crippen LogP contribution >= 0.6 is 0 Å². The van der Waals surface area contributed by atoms with E-state index < -0.39 is 0 Å². The average Bonchev–Trinajstić information content (AvgIpc) is 3.10. The van der Waals surface area contributed by atoms with Crippen LogP contribution in [0, 0.1) is 5.92 Å². The van der Waals surface area contributed by atoms with Gasteiger partial charge in [-0.05, 0) is 50.1 Å². The number of aromatic nitrogens is 2. The summed E-state index contributed by atoms with van der Waals surface area (Å²) in [6.45, 7) is 3.84. The highest BCUT2D eigenvalue weighted by Gasteiger charge is 2.22. The van der Waals surface area contributed by atoms with E-state index >= 15 is 0 Å². The maximum Gasteiger partial charge on any atom is 0.224 e. The Balaban J connectivity index is 1.62. The van der Waals surface area contributed by atoms with Crippen LogP contribution in [0.5, 0.6) is 0 Å². The van der Waals surface area contributed by atoms with E-state index in [-0.39, 0.29) is 17.9 Å². The number of carbonyl (C=O) groups excluding carboxylic acids is 1. The molecule has 0 aliphatic carbocycles. The van der Waals surface area contributed by atoms with Crippen LogP contribution in [0.3, 0.4) is 0 Å². The number of rotatable bonds is 4. The molecule has 0 saturated carbocycles. The van der Waals surface area contributed by atoms with Crippen LogP contribution in [-0.4, -0.2) is 28.8 Å². The van der Waals surface area contributed by atoms with Crippen LogP contribution in [0.15, 0.2) is 42.7 Å². The van der Waals surface area contributed by atoms with Gasteiger partial charge < -0.3 is 10.6 Å². The van der Waals surface area contributed by atoms with Crippen molar-refractivity contribution in [3.8, 4) is 5.69 Å². The molecule has 0 bridgehead atoms. The Kier molecular flexibility index (Phi) is 4.53. The number of benzene rings is 1. The Morgan fingerprint density at radius 3 is 2.86 bits per heavy atom. The summed E-state index contributed by atoms with van der Waals surface area (Å²) >= 11 is 0. The van der Waals surface area contributed by atoms with Gasteiger partial charge in [0.2, 0.25) is 5.91 Å². The Morgan fingerprint density at radius 2 is 2.23 bits per heavy atom. The number of carbonyl (C=O) groups is 1. The lowest BCUT2D eigenvalue weighted by Crippen LogP contribution is -2.41. The van der Waals surface area contributed by atoms with Gasteiger partial charge in [-0.2, -0.15) is 5.10 Å². The van der Waals surface area contributed by atoms with Crippen LogP contribution in [0.4, 0.5) is 0 Å². The highest BCUT2D eigenvalue weighted by Crippen LogP contribution is 2.17. The molecule has 1 amide bonds. The second-order valence-corrected chi connectivity index (χ2v) is 5.82. The van der Waals surface area contributed by atoms with Crippen molar-refractivity contribution in [3.05, 3.63) is 48.3 Å². The molecule has 0 spiro atoms. The van der Waals surface area contributed by atoms with Gasteiger partial charge in [-0.3, -0.25) is 4.79 Å². The molecular weight excluding hydrogens is 276 g/mol. The zero-order chi connectivity index (χ0) is 15.4. The van der Waals surface area contributed by atoms with Crippen LogP contribution in [0.1, 0.15) is 31.4 Å². The largest absolute Gasteiger partial charge is 0.349 e. The van der Waals surface area contributed by atoms with Crippen molar-refractivity contribution in [1.29, 1.82) is 0 Å². The Bertz CT molecular complexity index is 600. The highest BCUT2D eigenvalue weighted by molar-refractivity contribution is 5.79. The first-order chi connectivity index (χ1) is 10.7. The Hall–Kier alpha value is -2.14. The predicted octanol–water partition coefficient (Wildman–Crippen LogP) is 2.05. The third-order valence-electron chi connectivity index (χ3n) is 4.19. The molecule has 1 aliphatic heterocycles. The lowest BCUT2D eigenvalue weighted by molar-refractivity contribution is -0.126. The summed E-state index contributed by atoms with van der Waals surface area (Å²) in [4.78, 5) is 12.3. The summed E-state index contributed by atoms with van der Waals surface area (Å²) in [6.07, 6.45) is 5.72. The lowest BCUT2D eigenvalue weighted by Gasteiger charge is -2.24. The minimum absolute atomic E-state index is 0.0149. The van der Waals surface area contributed by atoms with E-state index in [1.54, 1.807) is 6.20 Å². The zero-order valence-electron chi connectivity index (χ0n) is 12.8. The Labute approximate surface area is 130 Å². The first-order valence-electron chi connectivity index (χ1n) is 7.85. The fraction of sp³-hybridized carbons (Fsp3) is 0.412. The fourth-order valence-corrected chi connectivity index (χ4v) is 2.83. The van der Waals surface area contributed by atoms with Crippen molar-refractivity contribution in [1.82, 2.24) is 20.4 Å². The number of hydrogen-bond acceptors (Lipinski definition) is 3. The van der Waals surface area contributed by atoms with E-state index in [4.69, 9.17) is 0 Å². The molecule has 5 nitrogen and oxygen atoms in total. The maximum atomic E-state index is 12.3. The normalized spacial score (nSPS) is 19.6. The van der Waals surface area contributed by atoms with Gasteiger partial charge in [-0.25, -0.2) is 4.68 Å². The van der Waals surface area contributed by atoms with Gasteiger partial charge in [0.05, 0.1) is 17.6 Å². The quantitative estimate of drug-likeness (QED) is 0.908. The molecule has 3 rings (SSSR count). The molecule has 1 aromatic carbocycles. The monoisotopic (exact) mass is 298 g/mol. The lowest BCUT2D eigenvalue weighted by atomic mass is 9.98. The third-order valence-corrected chi connectivity index (χ3v) is 4.19. The third kappa shape index (κ3) is 3.36. The van der Waals surface area contributed by atoms with Crippen molar-refractivity contribution in [3.63, 3.8) is 0 Å². The minimum atomic E-state index is 0.0149. The Morgan fingerprint density at radius 1 is 1.41 bits per heavy atom. The summed E-state index contributed by atoms with van der Waals surface area (Å²) in [5.41, 5.74) is 2.12. The standard InChI is InChI=1S/C17H22N4O/c1-13(20-17(22)15-4-2-9-18-12-15)14-5-7-16(8-6-14)21-11-3-10-19-21/h3,5-8,10-11,13,15,18H,2,4,9,12H2,1H3,(H,20,22). The van der Waals surface area contributed by atoms with Crippen molar-refractivity contribution < 1.29 is 4.79 Å². The summed E-state index contributed by atoms with van der Waals surface area (Å²) in [7, 11) is 0. The predicted molar refractivity (Wildman–Crippen MR) is 85.7 cm³/mol. The molecule has 116 valence electrons. The van der Waals surface area contributed by atoms with Gasteiger partial charge in [0.15, 0.2) is 0 Å². The number of nitrogens with zero attached hydrogens (tertiary/aromatic N) is 2. The second kappa shape index (κ2) is 6.75. The molecule has 22 heavy (non-hydrogen) atoms. The second-order valence-electron chi connectivity index (χ2n) is 5.82. The molecule has 1 fully saturated rings. The summed E-state index contributed by atoms with van der Waals surface area (Å²) in [6, 6.07) is 10.0. The van der Waals surface area contributed by atoms with E-state index in [1.165, 1.54) is 0 Å². The van der Waals surface area contributed by atoms with E-state index in [1.807, 2.05) is 48.1 Å². The van der Waals surface area contributed by atoms with Gasteiger partial charge >= 0.3 is 0 Å². The zero-order valence-corrected chi connectivity index (χ0v) is 12.8.